The number of benzene rings is 1. The summed E-state index contributed by atoms with van der Waals surface area (Å²) in [4.78, 5) is 19.1. The van der Waals surface area contributed by atoms with E-state index in [0.29, 0.717) is 6.54 Å². The number of pyridine rings is 1. The van der Waals surface area contributed by atoms with Crippen LogP contribution in [0.25, 0.3) is 10.9 Å². The molecule has 0 aliphatic carbocycles. The number of hydrogen-bond donors (Lipinski definition) is 1. The van der Waals surface area contributed by atoms with Crippen molar-refractivity contribution in [3.63, 3.8) is 0 Å². The number of halogens is 1. The number of likely N-dealkylation sites (tertiary alicyclic amines) is 1. The first-order valence-corrected chi connectivity index (χ1v) is 8.11. The summed E-state index contributed by atoms with van der Waals surface area (Å²) in [5.41, 5.74) is 2.71. The van der Waals surface area contributed by atoms with Gasteiger partial charge in [-0.3, -0.25) is 14.7 Å². The molecule has 3 rings (SSSR count). The maximum atomic E-state index is 12.4. The lowest BCUT2D eigenvalue weighted by atomic mass is 10.1. The van der Waals surface area contributed by atoms with Crippen molar-refractivity contribution in [2.75, 3.05) is 25.0 Å². The molecule has 1 saturated heterocycles. The molecule has 0 saturated carbocycles. The molecule has 1 fully saturated rings. The van der Waals surface area contributed by atoms with Gasteiger partial charge in [-0.1, -0.05) is 31.0 Å². The molecular formula is C18H24ClN3O. The molecule has 1 aromatic heterocycles. The molecule has 2 heterocycles. The predicted octanol–water partition coefficient (Wildman–Crippen LogP) is 3.78. The van der Waals surface area contributed by atoms with Gasteiger partial charge in [0, 0.05) is 11.1 Å². The molecule has 4 nitrogen and oxygen atoms in total. The molecular weight excluding hydrogens is 310 g/mol. The van der Waals surface area contributed by atoms with E-state index in [1.807, 2.05) is 37.3 Å². The summed E-state index contributed by atoms with van der Waals surface area (Å²) >= 11 is 0. The van der Waals surface area contributed by atoms with Crippen LogP contribution in [0.1, 0.15) is 31.4 Å². The average molecular weight is 334 g/mol. The molecule has 5 heteroatoms. The number of aryl methyl sites for hydroxylation is 1. The zero-order chi connectivity index (χ0) is 15.4. The largest absolute Gasteiger partial charge is 0.324 e. The lowest BCUT2D eigenvalue weighted by Crippen LogP contribution is -2.34. The number of nitrogens with zero attached hydrogens (tertiary/aromatic N) is 2. The van der Waals surface area contributed by atoms with Crippen molar-refractivity contribution in [1.82, 2.24) is 9.88 Å². The zero-order valence-corrected chi connectivity index (χ0v) is 14.4. The van der Waals surface area contributed by atoms with Crippen molar-refractivity contribution in [2.45, 2.75) is 32.6 Å². The van der Waals surface area contributed by atoms with Crippen LogP contribution in [-0.4, -0.2) is 35.4 Å². The number of carbonyl (C=O) groups is 1. The second-order valence-corrected chi connectivity index (χ2v) is 6.07. The van der Waals surface area contributed by atoms with Gasteiger partial charge in [-0.15, -0.1) is 12.4 Å². The number of aromatic nitrogens is 1. The maximum Gasteiger partial charge on any atom is 0.238 e. The highest BCUT2D eigenvalue weighted by molar-refractivity contribution is 6.01. The van der Waals surface area contributed by atoms with Gasteiger partial charge in [0.2, 0.25) is 5.91 Å². The molecule has 0 atom stereocenters. The number of rotatable bonds is 3. The molecule has 124 valence electrons. The fraction of sp³-hybridized carbons (Fsp3) is 0.444. The van der Waals surface area contributed by atoms with E-state index in [1.165, 1.54) is 25.7 Å². The van der Waals surface area contributed by atoms with Crippen LogP contribution >= 0.6 is 12.4 Å². The first-order valence-electron chi connectivity index (χ1n) is 8.11. The van der Waals surface area contributed by atoms with Crippen molar-refractivity contribution in [2.24, 2.45) is 0 Å². The van der Waals surface area contributed by atoms with E-state index in [-0.39, 0.29) is 18.3 Å². The Hall–Kier alpha value is -1.65. The van der Waals surface area contributed by atoms with E-state index >= 15 is 0 Å². The molecule has 0 unspecified atom stereocenters. The molecule has 0 radical (unpaired) electrons. The summed E-state index contributed by atoms with van der Waals surface area (Å²) in [6.07, 6.45) is 4.97. The van der Waals surface area contributed by atoms with Gasteiger partial charge in [0.25, 0.3) is 0 Å². The van der Waals surface area contributed by atoms with Crippen LogP contribution in [0, 0.1) is 6.92 Å². The van der Waals surface area contributed by atoms with Gasteiger partial charge in [-0.05, 0) is 45.0 Å². The summed E-state index contributed by atoms with van der Waals surface area (Å²) in [7, 11) is 0. The second-order valence-electron chi connectivity index (χ2n) is 6.07. The highest BCUT2D eigenvalue weighted by Gasteiger charge is 2.14. The first-order chi connectivity index (χ1) is 10.7. The Labute approximate surface area is 143 Å². The van der Waals surface area contributed by atoms with E-state index in [1.54, 1.807) is 0 Å². The van der Waals surface area contributed by atoms with Crippen molar-refractivity contribution < 1.29 is 4.79 Å². The summed E-state index contributed by atoms with van der Waals surface area (Å²) in [6, 6.07) is 9.88. The molecule has 1 amide bonds. The molecule has 1 aliphatic rings. The molecule has 1 N–H and O–H groups in total. The van der Waals surface area contributed by atoms with Gasteiger partial charge in [0.15, 0.2) is 0 Å². The van der Waals surface area contributed by atoms with Crippen LogP contribution in [0.4, 0.5) is 5.69 Å². The number of para-hydroxylation sites is 1. The lowest BCUT2D eigenvalue weighted by molar-refractivity contribution is -0.117. The van der Waals surface area contributed by atoms with Gasteiger partial charge in [-0.25, -0.2) is 0 Å². The minimum Gasteiger partial charge on any atom is -0.324 e. The standard InChI is InChI=1S/C18H23N3O.ClH/c1-14-12-17(15-8-4-5-9-16(15)19-14)20-18(22)13-21-10-6-2-3-7-11-21;/h4-5,8-9,12H,2-3,6-7,10-11,13H2,1H3,(H,19,20,22);1H. The number of hydrogen-bond acceptors (Lipinski definition) is 3. The summed E-state index contributed by atoms with van der Waals surface area (Å²) < 4.78 is 0. The van der Waals surface area contributed by atoms with E-state index in [9.17, 15) is 4.79 Å². The normalized spacial score (nSPS) is 15.7. The van der Waals surface area contributed by atoms with E-state index in [4.69, 9.17) is 0 Å². The van der Waals surface area contributed by atoms with Crippen LogP contribution < -0.4 is 5.32 Å². The number of amides is 1. The molecule has 0 spiro atoms. The number of anilines is 1. The van der Waals surface area contributed by atoms with Crippen molar-refractivity contribution in [3.8, 4) is 0 Å². The summed E-state index contributed by atoms with van der Waals surface area (Å²) in [5, 5.41) is 4.07. The smallest absolute Gasteiger partial charge is 0.238 e. The SMILES string of the molecule is Cc1cc(NC(=O)CN2CCCCCC2)c2ccccc2n1.Cl. The topological polar surface area (TPSA) is 45.2 Å². The second kappa shape index (κ2) is 8.27. The summed E-state index contributed by atoms with van der Waals surface area (Å²) in [5.74, 6) is 0.0673. The van der Waals surface area contributed by atoms with Crippen LogP contribution in [0.15, 0.2) is 30.3 Å². The van der Waals surface area contributed by atoms with E-state index in [0.717, 1.165) is 35.4 Å². The van der Waals surface area contributed by atoms with E-state index in [2.05, 4.69) is 15.2 Å². The maximum absolute atomic E-state index is 12.4. The van der Waals surface area contributed by atoms with Crippen LogP contribution in [0.3, 0.4) is 0 Å². The predicted molar refractivity (Wildman–Crippen MR) is 97.3 cm³/mol. The Morgan fingerprint density at radius 1 is 1.17 bits per heavy atom. The Kier molecular flexibility index (Phi) is 6.37. The highest BCUT2D eigenvalue weighted by Crippen LogP contribution is 2.23. The Morgan fingerprint density at radius 3 is 2.61 bits per heavy atom. The lowest BCUT2D eigenvalue weighted by Gasteiger charge is -2.19. The summed E-state index contributed by atoms with van der Waals surface area (Å²) in [6.45, 7) is 4.50. The fourth-order valence-corrected chi connectivity index (χ4v) is 3.10. The van der Waals surface area contributed by atoms with Gasteiger partial charge in [0.05, 0.1) is 17.7 Å². The average Bonchev–Trinajstić information content (AvgIpc) is 2.75. The number of carbonyl (C=O) groups excluding carboxylic acids is 1. The van der Waals surface area contributed by atoms with Crippen LogP contribution in [-0.2, 0) is 4.79 Å². The first kappa shape index (κ1) is 17.7. The quantitative estimate of drug-likeness (QED) is 0.929. The number of nitrogens with one attached hydrogen (secondary N) is 1. The number of fused-ring (bicyclic) bond motifs is 1. The zero-order valence-electron chi connectivity index (χ0n) is 13.5. The van der Waals surface area contributed by atoms with Gasteiger partial charge >= 0.3 is 0 Å². The van der Waals surface area contributed by atoms with E-state index < -0.39 is 0 Å². The third kappa shape index (κ3) is 4.66. The molecule has 0 bridgehead atoms. The van der Waals surface area contributed by atoms with Crippen LogP contribution in [0.5, 0.6) is 0 Å². The monoisotopic (exact) mass is 333 g/mol. The van der Waals surface area contributed by atoms with Crippen LogP contribution in [0.2, 0.25) is 0 Å². The molecule has 1 aromatic carbocycles. The molecule has 23 heavy (non-hydrogen) atoms. The van der Waals surface area contributed by atoms with Gasteiger partial charge in [0.1, 0.15) is 0 Å². The molecule has 2 aromatic rings. The van der Waals surface area contributed by atoms with Gasteiger partial charge < -0.3 is 5.32 Å². The van der Waals surface area contributed by atoms with Gasteiger partial charge in [-0.2, -0.15) is 0 Å². The Morgan fingerprint density at radius 2 is 1.87 bits per heavy atom. The third-order valence-corrected chi connectivity index (χ3v) is 4.18. The fourth-order valence-electron chi connectivity index (χ4n) is 3.10. The van der Waals surface area contributed by atoms with Crippen molar-refractivity contribution in [1.29, 1.82) is 0 Å². The van der Waals surface area contributed by atoms with Crippen molar-refractivity contribution >= 4 is 34.9 Å². The minimum atomic E-state index is 0. The Balaban J connectivity index is 0.00000192. The Bertz CT molecular complexity index is 666. The third-order valence-electron chi connectivity index (χ3n) is 4.18. The molecule has 1 aliphatic heterocycles. The minimum absolute atomic E-state index is 0. The highest BCUT2D eigenvalue weighted by atomic mass is 35.5. The van der Waals surface area contributed by atoms with Crippen molar-refractivity contribution in [3.05, 3.63) is 36.0 Å².